The summed E-state index contributed by atoms with van der Waals surface area (Å²) in [4.78, 5) is 11.0. The molecule has 2 fully saturated rings. The third-order valence-corrected chi connectivity index (χ3v) is 4.82. The highest BCUT2D eigenvalue weighted by Crippen LogP contribution is 2.38. The van der Waals surface area contributed by atoms with E-state index in [2.05, 4.69) is 31.1 Å². The molecule has 2 aromatic heterocycles. The number of piperidine rings is 1. The molecule has 0 atom stereocenters. The molecule has 6 heteroatoms. The second-order valence-corrected chi connectivity index (χ2v) is 6.77. The van der Waals surface area contributed by atoms with Crippen molar-refractivity contribution in [1.82, 2.24) is 20.2 Å². The Morgan fingerprint density at radius 2 is 1.92 bits per heavy atom. The zero-order chi connectivity index (χ0) is 16.4. The van der Waals surface area contributed by atoms with Crippen molar-refractivity contribution in [1.29, 1.82) is 0 Å². The summed E-state index contributed by atoms with van der Waals surface area (Å²) in [5.41, 5.74) is 1.11. The van der Waals surface area contributed by atoms with Crippen LogP contribution in [0.4, 0.5) is 5.82 Å². The highest BCUT2D eigenvalue weighted by molar-refractivity contribution is 5.37. The molecule has 1 aliphatic carbocycles. The fourth-order valence-corrected chi connectivity index (χ4v) is 3.16. The van der Waals surface area contributed by atoms with Gasteiger partial charge in [0.25, 0.3) is 0 Å². The van der Waals surface area contributed by atoms with Crippen LogP contribution >= 0.6 is 0 Å². The van der Waals surface area contributed by atoms with E-state index in [-0.39, 0.29) is 0 Å². The molecule has 1 saturated carbocycles. The monoisotopic (exact) mass is 325 g/mol. The second-order valence-electron chi connectivity index (χ2n) is 6.77. The van der Waals surface area contributed by atoms with Gasteiger partial charge in [-0.3, -0.25) is 0 Å². The molecule has 6 nitrogen and oxygen atoms in total. The van der Waals surface area contributed by atoms with Crippen LogP contribution in [0.5, 0.6) is 5.88 Å². The Morgan fingerprint density at radius 1 is 1.08 bits per heavy atom. The number of hydrogen-bond acceptors (Lipinski definition) is 6. The Morgan fingerprint density at radius 3 is 2.58 bits per heavy atom. The van der Waals surface area contributed by atoms with Crippen molar-refractivity contribution in [2.45, 2.75) is 38.5 Å². The first kappa shape index (κ1) is 15.3. The average molecular weight is 325 g/mol. The standard InChI is InChI=1S/C18H23N5O/c1-13-19-9-6-17(20-13)23-10-7-14(8-11-23)12-24-18-5-4-16(21-22-18)15-2-3-15/h4-6,9,14-15H,2-3,7-8,10-12H2,1H3. The third kappa shape index (κ3) is 3.63. The number of rotatable bonds is 5. The van der Waals surface area contributed by atoms with Crippen LogP contribution in [0.15, 0.2) is 24.4 Å². The third-order valence-electron chi connectivity index (χ3n) is 4.82. The SMILES string of the molecule is Cc1nccc(N2CCC(COc3ccc(C4CC4)nn3)CC2)n1. The van der Waals surface area contributed by atoms with Gasteiger partial charge < -0.3 is 9.64 Å². The van der Waals surface area contributed by atoms with Gasteiger partial charge in [-0.1, -0.05) is 0 Å². The Labute approximate surface area is 142 Å². The van der Waals surface area contributed by atoms with Gasteiger partial charge in [-0.25, -0.2) is 9.97 Å². The highest BCUT2D eigenvalue weighted by Gasteiger charge is 2.25. The minimum atomic E-state index is 0.564. The van der Waals surface area contributed by atoms with E-state index in [0.29, 0.717) is 24.3 Å². The lowest BCUT2D eigenvalue weighted by molar-refractivity contribution is 0.214. The van der Waals surface area contributed by atoms with Gasteiger partial charge in [-0.05, 0) is 50.7 Å². The number of hydrogen-bond donors (Lipinski definition) is 0. The van der Waals surface area contributed by atoms with E-state index in [1.807, 2.05) is 25.3 Å². The maximum absolute atomic E-state index is 5.84. The van der Waals surface area contributed by atoms with E-state index in [1.165, 1.54) is 12.8 Å². The quantitative estimate of drug-likeness (QED) is 0.842. The van der Waals surface area contributed by atoms with Crippen molar-refractivity contribution in [3.05, 3.63) is 35.9 Å². The molecular weight excluding hydrogens is 302 g/mol. The van der Waals surface area contributed by atoms with E-state index >= 15 is 0 Å². The minimum absolute atomic E-state index is 0.564. The van der Waals surface area contributed by atoms with E-state index < -0.39 is 0 Å². The minimum Gasteiger partial charge on any atom is -0.476 e. The maximum Gasteiger partial charge on any atom is 0.233 e. The summed E-state index contributed by atoms with van der Waals surface area (Å²) in [6, 6.07) is 6.00. The zero-order valence-electron chi connectivity index (χ0n) is 14.1. The number of nitrogens with zero attached hydrogens (tertiary/aromatic N) is 5. The van der Waals surface area contributed by atoms with Crippen LogP contribution in [0, 0.1) is 12.8 Å². The van der Waals surface area contributed by atoms with Gasteiger partial charge in [0, 0.05) is 31.3 Å². The van der Waals surface area contributed by atoms with Gasteiger partial charge in [0.1, 0.15) is 11.6 Å². The second kappa shape index (κ2) is 6.71. The first-order valence-electron chi connectivity index (χ1n) is 8.79. The summed E-state index contributed by atoms with van der Waals surface area (Å²) >= 11 is 0. The fraction of sp³-hybridized carbons (Fsp3) is 0.556. The number of aryl methyl sites for hydroxylation is 1. The van der Waals surface area contributed by atoms with Crippen molar-refractivity contribution in [2.24, 2.45) is 5.92 Å². The molecule has 0 amide bonds. The van der Waals surface area contributed by atoms with Crippen LogP contribution in [0.25, 0.3) is 0 Å². The van der Waals surface area contributed by atoms with E-state index in [0.717, 1.165) is 43.3 Å². The lowest BCUT2D eigenvalue weighted by Crippen LogP contribution is -2.36. The van der Waals surface area contributed by atoms with Crippen molar-refractivity contribution >= 4 is 5.82 Å². The molecule has 126 valence electrons. The van der Waals surface area contributed by atoms with Crippen molar-refractivity contribution in [2.75, 3.05) is 24.6 Å². The molecule has 1 saturated heterocycles. The summed E-state index contributed by atoms with van der Waals surface area (Å²) in [5.74, 6) is 3.71. The zero-order valence-corrected chi connectivity index (χ0v) is 14.1. The Hall–Kier alpha value is -2.24. The van der Waals surface area contributed by atoms with Crippen LogP contribution in [0.1, 0.15) is 43.1 Å². The number of ether oxygens (including phenoxy) is 1. The summed E-state index contributed by atoms with van der Waals surface area (Å²) in [6.45, 7) is 4.67. The normalized spacial score (nSPS) is 18.6. The molecule has 2 aromatic rings. The molecule has 0 spiro atoms. The van der Waals surface area contributed by atoms with Crippen LogP contribution in [0.3, 0.4) is 0 Å². The summed E-state index contributed by atoms with van der Waals surface area (Å²) in [7, 11) is 0. The van der Waals surface area contributed by atoms with Gasteiger partial charge in [0.05, 0.1) is 12.3 Å². The summed E-state index contributed by atoms with van der Waals surface area (Å²) in [6.07, 6.45) is 6.54. The number of aromatic nitrogens is 4. The molecule has 3 heterocycles. The Bertz CT molecular complexity index is 678. The molecular formula is C18H23N5O. The average Bonchev–Trinajstić information content (AvgIpc) is 3.46. The molecule has 1 aliphatic heterocycles. The van der Waals surface area contributed by atoms with Gasteiger partial charge in [0.15, 0.2) is 0 Å². The van der Waals surface area contributed by atoms with Gasteiger partial charge in [-0.15, -0.1) is 5.10 Å². The largest absolute Gasteiger partial charge is 0.476 e. The van der Waals surface area contributed by atoms with E-state index in [9.17, 15) is 0 Å². The molecule has 4 rings (SSSR count). The van der Waals surface area contributed by atoms with Crippen LogP contribution < -0.4 is 9.64 Å². The predicted molar refractivity (Wildman–Crippen MR) is 91.2 cm³/mol. The molecule has 0 radical (unpaired) electrons. The van der Waals surface area contributed by atoms with Crippen LogP contribution in [-0.4, -0.2) is 39.9 Å². The first-order chi connectivity index (χ1) is 11.8. The maximum atomic E-state index is 5.84. The lowest BCUT2D eigenvalue weighted by atomic mass is 9.98. The van der Waals surface area contributed by atoms with Crippen LogP contribution in [-0.2, 0) is 0 Å². The predicted octanol–water partition coefficient (Wildman–Crippen LogP) is 2.75. The van der Waals surface area contributed by atoms with Gasteiger partial charge >= 0.3 is 0 Å². The molecule has 0 unspecified atom stereocenters. The van der Waals surface area contributed by atoms with Crippen molar-refractivity contribution < 1.29 is 4.74 Å². The smallest absolute Gasteiger partial charge is 0.233 e. The van der Waals surface area contributed by atoms with Gasteiger partial charge in [0.2, 0.25) is 5.88 Å². The van der Waals surface area contributed by atoms with Crippen molar-refractivity contribution in [3.8, 4) is 5.88 Å². The first-order valence-corrected chi connectivity index (χ1v) is 8.79. The summed E-state index contributed by atoms with van der Waals surface area (Å²) < 4.78 is 5.84. The van der Waals surface area contributed by atoms with Crippen molar-refractivity contribution in [3.63, 3.8) is 0 Å². The van der Waals surface area contributed by atoms with E-state index in [1.54, 1.807) is 0 Å². The fourth-order valence-electron chi connectivity index (χ4n) is 3.16. The summed E-state index contributed by atoms with van der Waals surface area (Å²) in [5, 5.41) is 8.46. The Balaban J connectivity index is 1.25. The highest BCUT2D eigenvalue weighted by atomic mass is 16.5. The molecule has 0 aromatic carbocycles. The number of anilines is 1. The van der Waals surface area contributed by atoms with E-state index in [4.69, 9.17) is 4.74 Å². The van der Waals surface area contributed by atoms with Crippen LogP contribution in [0.2, 0.25) is 0 Å². The molecule has 0 N–H and O–H groups in total. The van der Waals surface area contributed by atoms with Gasteiger partial charge in [-0.2, -0.15) is 5.10 Å². The molecule has 2 aliphatic rings. The Kier molecular flexibility index (Phi) is 4.28. The molecule has 0 bridgehead atoms. The topological polar surface area (TPSA) is 64.0 Å². The molecule has 24 heavy (non-hydrogen) atoms. The lowest BCUT2D eigenvalue weighted by Gasteiger charge is -2.32.